The number of nitrogens with zero attached hydrogens (tertiary/aromatic N) is 4. The Morgan fingerprint density at radius 1 is 1.19 bits per heavy atom. The van der Waals surface area contributed by atoms with Gasteiger partial charge in [0.05, 0.1) is 35.9 Å². The van der Waals surface area contributed by atoms with Crippen LogP contribution in [0.4, 0.5) is 0 Å². The lowest BCUT2D eigenvalue weighted by molar-refractivity contribution is -0.710. The van der Waals surface area contributed by atoms with Crippen LogP contribution in [0.25, 0.3) is 0 Å². The molecule has 188 valence electrons. The van der Waals surface area contributed by atoms with E-state index in [-0.39, 0.29) is 12.7 Å². The monoisotopic (exact) mass is 510 g/mol. The number of hydrogen-bond acceptors (Lipinski definition) is 7. The maximum Gasteiger partial charge on any atom is 0.343 e. The topological polar surface area (TPSA) is 99.3 Å². The Morgan fingerprint density at radius 2 is 1.89 bits per heavy atom. The van der Waals surface area contributed by atoms with Gasteiger partial charge in [0.25, 0.3) is 0 Å². The van der Waals surface area contributed by atoms with Crippen LogP contribution in [0.1, 0.15) is 58.3 Å². The summed E-state index contributed by atoms with van der Waals surface area (Å²) in [4.78, 5) is 22.9. The van der Waals surface area contributed by atoms with E-state index in [0.29, 0.717) is 46.7 Å². The van der Waals surface area contributed by atoms with Gasteiger partial charge >= 0.3 is 5.97 Å². The fraction of sp³-hybridized carbons (Fsp3) is 0.308. The first-order valence-electron chi connectivity index (χ1n) is 11.6. The number of esters is 1. The van der Waals surface area contributed by atoms with Crippen LogP contribution >= 0.6 is 11.6 Å². The summed E-state index contributed by atoms with van der Waals surface area (Å²) in [5, 5.41) is 17.5. The molecule has 1 atom stereocenters. The van der Waals surface area contributed by atoms with Crippen molar-refractivity contribution in [3.63, 3.8) is 0 Å². The molecule has 2 heterocycles. The molecule has 9 nitrogen and oxygen atoms in total. The zero-order valence-corrected chi connectivity index (χ0v) is 21.1. The van der Waals surface area contributed by atoms with Gasteiger partial charge in [-0.1, -0.05) is 35.9 Å². The smallest absolute Gasteiger partial charge is 0.343 e. The summed E-state index contributed by atoms with van der Waals surface area (Å²) in [5.74, 6) is -0.0974. The zero-order valence-electron chi connectivity index (χ0n) is 20.3. The fourth-order valence-corrected chi connectivity index (χ4v) is 4.02. The van der Waals surface area contributed by atoms with Crippen molar-refractivity contribution in [2.24, 2.45) is 5.28 Å². The predicted octanol–water partition coefficient (Wildman–Crippen LogP) is 5.53. The highest BCUT2D eigenvalue weighted by Gasteiger charge is 2.30. The number of halogens is 1. The number of carbonyl (C=O) groups is 1. The molecule has 0 N–H and O–H groups in total. The molecular formula is C26H27ClN4O5. The van der Waals surface area contributed by atoms with E-state index in [0.717, 1.165) is 22.3 Å². The number of carbonyl (C=O) groups excluding carboxylic acids is 1. The standard InChI is InChI=1S/C26H27ClN4O5/c1-4-30(5-2)31(33)29-35-15-18-6-8-20(9-7-18)26(32)36-24-17(3)28-14-22-23(24)16-34-25(22)19-10-12-21(27)13-11-19/h6-14,25H,4-5,15-16H2,1-3H3/b31-29-/t25-/m0/s1. The highest BCUT2D eigenvalue weighted by Crippen LogP contribution is 2.41. The second-order valence-corrected chi connectivity index (χ2v) is 8.62. The second-order valence-electron chi connectivity index (χ2n) is 8.18. The van der Waals surface area contributed by atoms with Crippen molar-refractivity contribution in [2.45, 2.75) is 40.1 Å². The molecule has 0 saturated heterocycles. The number of fused-ring (bicyclic) bond motifs is 1. The van der Waals surface area contributed by atoms with Crippen LogP contribution in [0.3, 0.4) is 0 Å². The van der Waals surface area contributed by atoms with Gasteiger partial charge in [0.1, 0.15) is 12.7 Å². The van der Waals surface area contributed by atoms with E-state index in [9.17, 15) is 10.0 Å². The van der Waals surface area contributed by atoms with Crippen molar-refractivity contribution < 1.29 is 24.1 Å². The van der Waals surface area contributed by atoms with Crippen LogP contribution in [0, 0.1) is 12.1 Å². The van der Waals surface area contributed by atoms with Gasteiger partial charge in [-0.05, 0) is 56.2 Å². The number of aromatic nitrogens is 1. The minimum Gasteiger partial charge on any atom is -0.569 e. The summed E-state index contributed by atoms with van der Waals surface area (Å²) >= 11 is 6.01. The molecule has 2 aromatic carbocycles. The molecule has 10 heteroatoms. The Morgan fingerprint density at radius 3 is 2.56 bits per heavy atom. The highest BCUT2D eigenvalue weighted by atomic mass is 35.5. The lowest BCUT2D eigenvalue weighted by atomic mass is 10.0. The predicted molar refractivity (Wildman–Crippen MR) is 132 cm³/mol. The summed E-state index contributed by atoms with van der Waals surface area (Å²) in [7, 11) is 0. The van der Waals surface area contributed by atoms with Crippen molar-refractivity contribution >= 4 is 17.6 Å². The third-order valence-corrected chi connectivity index (χ3v) is 6.17. The van der Waals surface area contributed by atoms with Gasteiger partial charge in [-0.25, -0.2) is 4.79 Å². The summed E-state index contributed by atoms with van der Waals surface area (Å²) in [6.45, 7) is 6.95. The van der Waals surface area contributed by atoms with Gasteiger partial charge in [0.15, 0.2) is 5.75 Å². The maximum absolute atomic E-state index is 12.9. The number of rotatable bonds is 9. The molecule has 36 heavy (non-hydrogen) atoms. The van der Waals surface area contributed by atoms with Crippen LogP contribution in [0.2, 0.25) is 5.02 Å². The van der Waals surface area contributed by atoms with Crippen molar-refractivity contribution in [1.29, 1.82) is 0 Å². The van der Waals surface area contributed by atoms with E-state index in [4.69, 9.17) is 25.9 Å². The molecule has 0 aliphatic carbocycles. The van der Waals surface area contributed by atoms with Crippen LogP contribution in [-0.2, 0) is 22.8 Å². The molecule has 0 radical (unpaired) electrons. The number of benzene rings is 2. The van der Waals surface area contributed by atoms with E-state index in [1.807, 2.05) is 38.1 Å². The van der Waals surface area contributed by atoms with Crippen molar-refractivity contribution in [1.82, 2.24) is 9.99 Å². The largest absolute Gasteiger partial charge is 0.569 e. The van der Waals surface area contributed by atoms with E-state index in [1.165, 1.54) is 5.01 Å². The van der Waals surface area contributed by atoms with Gasteiger partial charge in [0.2, 0.25) is 5.28 Å². The van der Waals surface area contributed by atoms with Gasteiger partial charge in [0, 0.05) is 22.3 Å². The third kappa shape index (κ3) is 5.58. The average molecular weight is 511 g/mol. The Balaban J connectivity index is 1.44. The maximum atomic E-state index is 12.9. The number of pyridine rings is 1. The first kappa shape index (κ1) is 25.4. The first-order chi connectivity index (χ1) is 17.4. The molecular weight excluding hydrogens is 484 g/mol. The highest BCUT2D eigenvalue weighted by molar-refractivity contribution is 6.30. The molecule has 0 saturated carbocycles. The normalized spacial score (nSPS) is 14.9. The molecule has 1 aromatic heterocycles. The van der Waals surface area contributed by atoms with Crippen LogP contribution in [0.5, 0.6) is 5.75 Å². The summed E-state index contributed by atoms with van der Waals surface area (Å²) < 4.78 is 11.8. The van der Waals surface area contributed by atoms with Gasteiger partial charge in [-0.15, -0.1) is 5.01 Å². The molecule has 1 aliphatic rings. The molecule has 0 unspecified atom stereocenters. The summed E-state index contributed by atoms with van der Waals surface area (Å²) in [5.41, 5.74) is 4.33. The Hall–Kier alpha value is -3.69. The van der Waals surface area contributed by atoms with E-state index in [1.54, 1.807) is 37.4 Å². The van der Waals surface area contributed by atoms with Crippen LogP contribution in [0.15, 0.2) is 60.0 Å². The second kappa shape index (κ2) is 11.4. The number of hydrogen-bond donors (Lipinski definition) is 0. The Labute approximate surface area is 214 Å². The zero-order chi connectivity index (χ0) is 25.7. The third-order valence-electron chi connectivity index (χ3n) is 5.91. The first-order valence-corrected chi connectivity index (χ1v) is 12.0. The van der Waals surface area contributed by atoms with Crippen molar-refractivity contribution in [2.75, 3.05) is 13.1 Å². The molecule has 0 bridgehead atoms. The van der Waals surface area contributed by atoms with E-state index in [2.05, 4.69) is 10.3 Å². The lowest BCUT2D eigenvalue weighted by Crippen LogP contribution is -2.30. The quantitative estimate of drug-likeness (QED) is 0.161. The number of aryl methyl sites for hydroxylation is 1. The van der Waals surface area contributed by atoms with Gasteiger partial charge in [-0.3, -0.25) is 4.98 Å². The van der Waals surface area contributed by atoms with E-state index >= 15 is 0 Å². The number of hydrazine groups is 1. The fourth-order valence-electron chi connectivity index (χ4n) is 3.89. The Kier molecular flexibility index (Phi) is 8.02. The molecule has 0 spiro atoms. The van der Waals surface area contributed by atoms with Gasteiger partial charge < -0.3 is 19.5 Å². The van der Waals surface area contributed by atoms with Gasteiger partial charge in [-0.2, -0.15) is 0 Å². The van der Waals surface area contributed by atoms with Crippen LogP contribution < -0.4 is 4.74 Å². The Bertz CT molecular complexity index is 1240. The van der Waals surface area contributed by atoms with Crippen LogP contribution in [-0.4, -0.2) is 34.0 Å². The van der Waals surface area contributed by atoms with Crippen molar-refractivity contribution in [3.8, 4) is 5.75 Å². The SMILES string of the molecule is CCN(CC)/[N+]([O-])=N/OCc1ccc(C(=O)Oc2c(C)ncc3c2CO[C@H]3c2ccc(Cl)cc2)cc1. The number of ether oxygens (including phenoxy) is 2. The summed E-state index contributed by atoms with van der Waals surface area (Å²) in [6, 6.07) is 14.2. The average Bonchev–Trinajstić information content (AvgIpc) is 3.31. The minimum absolute atomic E-state index is 0.0913. The molecule has 0 fully saturated rings. The molecule has 3 aromatic rings. The molecule has 0 amide bonds. The van der Waals surface area contributed by atoms with Crippen molar-refractivity contribution in [3.05, 3.63) is 98.5 Å². The lowest BCUT2D eigenvalue weighted by Gasteiger charge is -2.14. The minimum atomic E-state index is -0.507. The molecule has 1 aliphatic heterocycles. The van der Waals surface area contributed by atoms with E-state index < -0.39 is 5.97 Å². The summed E-state index contributed by atoms with van der Waals surface area (Å²) in [6.07, 6.45) is 1.46. The molecule has 4 rings (SSSR count).